The highest BCUT2D eigenvalue weighted by Crippen LogP contribution is 2.51. The minimum Gasteiger partial charge on any atom is -0.0833 e. The molecule has 0 nitrogen and oxygen atoms in total. The van der Waals surface area contributed by atoms with Crippen molar-refractivity contribution in [3.63, 3.8) is 0 Å². The third-order valence-corrected chi connectivity index (χ3v) is 8.37. The van der Waals surface area contributed by atoms with E-state index in [0.29, 0.717) is 0 Å². The predicted molar refractivity (Wildman–Crippen MR) is 164 cm³/mol. The molecule has 0 saturated carbocycles. The van der Waals surface area contributed by atoms with Crippen molar-refractivity contribution in [2.45, 2.75) is 13.3 Å². The van der Waals surface area contributed by atoms with Gasteiger partial charge < -0.3 is 0 Å². The Labute approximate surface area is 230 Å². The standard InChI is InChI=1S/C39H30/c1-39-27-13-12-22-36(39)37(31-25-23-29(24-26-31)28-14-4-2-5-15-28)33-19-9-11-21-35(33)38(39)34-20-10-8-18-32(34)30-16-6-3-7-17-30/h2-26H,27H2,1H3. The quantitative estimate of drug-likeness (QED) is 0.234. The molecular weight excluding hydrogens is 468 g/mol. The summed E-state index contributed by atoms with van der Waals surface area (Å²) in [5.74, 6) is 0. The lowest BCUT2D eigenvalue weighted by Gasteiger charge is -2.41. The lowest BCUT2D eigenvalue weighted by atomic mass is 9.62. The van der Waals surface area contributed by atoms with E-state index in [4.69, 9.17) is 0 Å². The Kier molecular flexibility index (Phi) is 5.75. The molecule has 0 heteroatoms. The van der Waals surface area contributed by atoms with Crippen molar-refractivity contribution in [3.05, 3.63) is 179 Å². The van der Waals surface area contributed by atoms with E-state index in [-0.39, 0.29) is 5.41 Å². The first-order chi connectivity index (χ1) is 19.2. The van der Waals surface area contributed by atoms with E-state index in [9.17, 15) is 0 Å². The maximum atomic E-state index is 2.44. The van der Waals surface area contributed by atoms with Crippen LogP contribution in [0.5, 0.6) is 0 Å². The van der Waals surface area contributed by atoms with Crippen LogP contribution in [0.1, 0.15) is 24.5 Å². The summed E-state index contributed by atoms with van der Waals surface area (Å²) in [6, 6.07) is 48.5. The second kappa shape index (κ2) is 9.57. The normalized spacial score (nSPS) is 17.8. The molecule has 186 valence electrons. The summed E-state index contributed by atoms with van der Waals surface area (Å²) in [6.07, 6.45) is 7.89. The van der Waals surface area contributed by atoms with Crippen molar-refractivity contribution in [2.75, 3.05) is 0 Å². The van der Waals surface area contributed by atoms with Gasteiger partial charge in [-0.1, -0.05) is 159 Å². The fourth-order valence-electron chi connectivity index (χ4n) is 6.50. The molecule has 1 unspecified atom stereocenters. The largest absolute Gasteiger partial charge is 0.0833 e. The second-order valence-corrected chi connectivity index (χ2v) is 10.7. The van der Waals surface area contributed by atoms with E-state index in [0.717, 1.165) is 6.42 Å². The Morgan fingerprint density at radius 3 is 1.74 bits per heavy atom. The molecule has 2 aliphatic carbocycles. The molecule has 7 rings (SSSR count). The predicted octanol–water partition coefficient (Wildman–Crippen LogP) is 8.32. The zero-order chi connectivity index (χ0) is 26.2. The number of benzene rings is 5. The summed E-state index contributed by atoms with van der Waals surface area (Å²) < 4.78 is 0. The Morgan fingerprint density at radius 1 is 0.487 bits per heavy atom. The molecule has 0 N–H and O–H groups in total. The summed E-state index contributed by atoms with van der Waals surface area (Å²) in [7, 11) is 0. The summed E-state index contributed by atoms with van der Waals surface area (Å²) in [4.78, 5) is 0. The molecule has 39 heavy (non-hydrogen) atoms. The molecular formula is C39H30. The molecule has 0 spiro atoms. The average molecular weight is 499 g/mol. The third kappa shape index (κ3) is 3.92. The van der Waals surface area contributed by atoms with Gasteiger partial charge in [-0.2, -0.15) is 0 Å². The number of hydrogen-bond donors (Lipinski definition) is 0. The smallest absolute Gasteiger partial charge is 0.0227 e. The van der Waals surface area contributed by atoms with Gasteiger partial charge in [0, 0.05) is 5.41 Å². The lowest BCUT2D eigenvalue weighted by Crippen LogP contribution is -2.42. The summed E-state index contributed by atoms with van der Waals surface area (Å²) >= 11 is 0. The molecule has 0 aromatic heterocycles. The van der Waals surface area contributed by atoms with E-state index < -0.39 is 0 Å². The average Bonchev–Trinajstić information content (AvgIpc) is 3.01. The second-order valence-electron chi connectivity index (χ2n) is 10.7. The SMILES string of the molecule is CC12CC=CC=C1C(c1ccc(-c3ccccc3)cc1)=c1ccccc1=C2c1ccccc1-c1ccccc1. The topological polar surface area (TPSA) is 0 Å². The maximum absolute atomic E-state index is 2.44. The number of allylic oxidation sites excluding steroid dienone is 4. The molecule has 5 aromatic rings. The van der Waals surface area contributed by atoms with Gasteiger partial charge >= 0.3 is 0 Å². The van der Waals surface area contributed by atoms with Gasteiger partial charge in [0.1, 0.15) is 0 Å². The summed E-state index contributed by atoms with van der Waals surface area (Å²) in [5, 5.41) is 2.64. The van der Waals surface area contributed by atoms with Gasteiger partial charge in [0.15, 0.2) is 0 Å². The first-order valence-electron chi connectivity index (χ1n) is 13.8. The van der Waals surface area contributed by atoms with Gasteiger partial charge in [0.2, 0.25) is 0 Å². The molecule has 0 aliphatic heterocycles. The molecule has 0 heterocycles. The van der Waals surface area contributed by atoms with Crippen LogP contribution in [0.15, 0.2) is 157 Å². The lowest BCUT2D eigenvalue weighted by molar-refractivity contribution is 0.547. The molecule has 2 aliphatic rings. The van der Waals surface area contributed by atoms with Crippen molar-refractivity contribution >= 4 is 11.1 Å². The first kappa shape index (κ1) is 23.4. The van der Waals surface area contributed by atoms with Gasteiger partial charge in [0.05, 0.1) is 0 Å². The third-order valence-electron chi connectivity index (χ3n) is 8.37. The fourth-order valence-corrected chi connectivity index (χ4v) is 6.50. The van der Waals surface area contributed by atoms with Crippen LogP contribution in [0.2, 0.25) is 0 Å². The van der Waals surface area contributed by atoms with Crippen LogP contribution in [-0.2, 0) is 0 Å². The van der Waals surface area contributed by atoms with E-state index in [1.54, 1.807) is 0 Å². The van der Waals surface area contributed by atoms with Crippen LogP contribution < -0.4 is 10.4 Å². The number of rotatable bonds is 4. The molecule has 5 aromatic carbocycles. The Morgan fingerprint density at radius 2 is 1.03 bits per heavy atom. The Hall–Kier alpha value is -4.68. The van der Waals surface area contributed by atoms with Crippen LogP contribution in [0, 0.1) is 5.41 Å². The summed E-state index contributed by atoms with van der Waals surface area (Å²) in [5.41, 5.74) is 11.6. The molecule has 0 fully saturated rings. The van der Waals surface area contributed by atoms with E-state index in [2.05, 4.69) is 159 Å². The van der Waals surface area contributed by atoms with Crippen LogP contribution in [0.3, 0.4) is 0 Å². The molecule has 1 atom stereocenters. The summed E-state index contributed by atoms with van der Waals surface area (Å²) in [6.45, 7) is 2.44. The van der Waals surface area contributed by atoms with Gasteiger partial charge in [0.25, 0.3) is 0 Å². The van der Waals surface area contributed by atoms with Gasteiger partial charge in [-0.25, -0.2) is 0 Å². The number of hydrogen-bond acceptors (Lipinski definition) is 0. The molecule has 0 radical (unpaired) electrons. The van der Waals surface area contributed by atoms with Crippen molar-refractivity contribution in [1.82, 2.24) is 0 Å². The minimum atomic E-state index is -0.151. The van der Waals surface area contributed by atoms with Crippen molar-refractivity contribution < 1.29 is 0 Å². The van der Waals surface area contributed by atoms with E-state index in [1.165, 1.54) is 60.5 Å². The molecule has 0 bridgehead atoms. The minimum absolute atomic E-state index is 0.151. The van der Waals surface area contributed by atoms with Crippen LogP contribution in [0.25, 0.3) is 33.4 Å². The Bertz CT molecular complexity index is 1850. The van der Waals surface area contributed by atoms with Crippen LogP contribution in [-0.4, -0.2) is 0 Å². The maximum Gasteiger partial charge on any atom is 0.0227 e. The van der Waals surface area contributed by atoms with Crippen LogP contribution >= 0.6 is 0 Å². The highest BCUT2D eigenvalue weighted by Gasteiger charge is 2.40. The van der Waals surface area contributed by atoms with Crippen LogP contribution in [0.4, 0.5) is 0 Å². The zero-order valence-corrected chi connectivity index (χ0v) is 22.1. The molecule has 0 amide bonds. The van der Waals surface area contributed by atoms with E-state index >= 15 is 0 Å². The van der Waals surface area contributed by atoms with Crippen molar-refractivity contribution in [3.8, 4) is 22.3 Å². The monoisotopic (exact) mass is 498 g/mol. The molecule has 0 saturated heterocycles. The number of fused-ring (bicyclic) bond motifs is 2. The van der Waals surface area contributed by atoms with E-state index in [1.807, 2.05) is 0 Å². The van der Waals surface area contributed by atoms with Gasteiger partial charge in [-0.15, -0.1) is 0 Å². The van der Waals surface area contributed by atoms with Gasteiger partial charge in [-0.05, 0) is 67.0 Å². The zero-order valence-electron chi connectivity index (χ0n) is 22.1. The van der Waals surface area contributed by atoms with Crippen molar-refractivity contribution in [2.24, 2.45) is 5.41 Å². The van der Waals surface area contributed by atoms with Gasteiger partial charge in [-0.3, -0.25) is 0 Å². The highest BCUT2D eigenvalue weighted by atomic mass is 14.4. The Balaban J connectivity index is 1.53. The first-order valence-corrected chi connectivity index (χ1v) is 13.8. The highest BCUT2D eigenvalue weighted by molar-refractivity contribution is 5.94. The fraction of sp³-hybridized carbons (Fsp3) is 0.0769. The van der Waals surface area contributed by atoms with Crippen molar-refractivity contribution in [1.29, 1.82) is 0 Å².